The first-order valence-corrected chi connectivity index (χ1v) is 9.37. The minimum atomic E-state index is -0.157. The van der Waals surface area contributed by atoms with Crippen molar-refractivity contribution in [3.8, 4) is 0 Å². The van der Waals surface area contributed by atoms with Gasteiger partial charge in [0.2, 0.25) is 0 Å². The molecule has 0 fully saturated rings. The molecule has 1 unspecified atom stereocenters. The van der Waals surface area contributed by atoms with Gasteiger partial charge in [-0.25, -0.2) is 4.39 Å². The Hall–Kier alpha value is -1.36. The van der Waals surface area contributed by atoms with Crippen LogP contribution in [0.5, 0.6) is 0 Å². The molecule has 2 nitrogen and oxygen atoms in total. The summed E-state index contributed by atoms with van der Waals surface area (Å²) in [6, 6.07) is 13.6. The molecule has 0 spiro atoms. The molecule has 0 aliphatic heterocycles. The Morgan fingerprint density at radius 3 is 2.62 bits per heavy atom. The largest absolute Gasteiger partial charge is 0.396 e. The van der Waals surface area contributed by atoms with E-state index in [4.69, 9.17) is 5.11 Å². The molecule has 0 radical (unpaired) electrons. The lowest BCUT2D eigenvalue weighted by molar-refractivity contribution is 0.279. The van der Waals surface area contributed by atoms with E-state index in [1.165, 1.54) is 28.7 Å². The summed E-state index contributed by atoms with van der Waals surface area (Å²) in [5, 5.41) is 9.09. The molecule has 1 aliphatic carbocycles. The highest BCUT2D eigenvalue weighted by Crippen LogP contribution is 2.34. The van der Waals surface area contributed by atoms with Crippen LogP contribution < -0.4 is 0 Å². The Morgan fingerprint density at radius 2 is 1.92 bits per heavy atom. The molecule has 2 aromatic rings. The van der Waals surface area contributed by atoms with Gasteiger partial charge in [-0.3, -0.25) is 0 Å². The number of aliphatic hydroxyl groups excluding tert-OH is 1. The van der Waals surface area contributed by atoms with Gasteiger partial charge in [0.05, 0.1) is 7.11 Å². The lowest BCUT2D eigenvalue weighted by Crippen LogP contribution is -2.05. The minimum absolute atomic E-state index is 0.157. The molecule has 0 saturated heterocycles. The quantitative estimate of drug-likeness (QED) is 0.809. The standard InChI is InChI=1S/C18H19FO.C2H6OS/c19-17-8-7-13-10-14-4-1-2-6-18(14)15(5-3-9-20)11-16(13)12-17;1-3-4-2/h1-2,4,6-8,12,15,20H,3,5,9-11H2;1-2H3. The van der Waals surface area contributed by atoms with Crippen molar-refractivity contribution in [1.82, 2.24) is 0 Å². The molecule has 0 saturated carbocycles. The van der Waals surface area contributed by atoms with Crippen LogP contribution in [-0.4, -0.2) is 25.1 Å². The second kappa shape index (κ2) is 9.82. The van der Waals surface area contributed by atoms with E-state index in [0.717, 1.165) is 31.2 Å². The second-order valence-electron chi connectivity index (χ2n) is 5.89. The van der Waals surface area contributed by atoms with Crippen molar-refractivity contribution in [2.75, 3.05) is 20.0 Å². The maximum absolute atomic E-state index is 13.5. The van der Waals surface area contributed by atoms with E-state index in [1.807, 2.05) is 12.3 Å². The van der Waals surface area contributed by atoms with Gasteiger partial charge in [-0.1, -0.05) is 30.3 Å². The smallest absolute Gasteiger partial charge is 0.123 e. The van der Waals surface area contributed by atoms with E-state index in [9.17, 15) is 4.39 Å². The maximum Gasteiger partial charge on any atom is 0.123 e. The average molecular weight is 348 g/mol. The first-order chi connectivity index (χ1) is 11.7. The Labute approximate surface area is 148 Å². The lowest BCUT2D eigenvalue weighted by atomic mass is 9.88. The van der Waals surface area contributed by atoms with Crippen LogP contribution in [0.3, 0.4) is 0 Å². The van der Waals surface area contributed by atoms with Crippen molar-refractivity contribution in [3.05, 3.63) is 70.5 Å². The third kappa shape index (κ3) is 5.07. The third-order valence-electron chi connectivity index (χ3n) is 4.39. The number of halogens is 1. The van der Waals surface area contributed by atoms with Gasteiger partial charge < -0.3 is 9.29 Å². The van der Waals surface area contributed by atoms with Gasteiger partial charge in [0.15, 0.2) is 0 Å². The van der Waals surface area contributed by atoms with Crippen molar-refractivity contribution in [3.63, 3.8) is 0 Å². The molecule has 1 atom stereocenters. The molecule has 2 aromatic carbocycles. The first kappa shape index (κ1) is 19.0. The van der Waals surface area contributed by atoms with E-state index in [-0.39, 0.29) is 12.4 Å². The fraction of sp³-hybridized carbons (Fsp3) is 0.400. The molecule has 0 bridgehead atoms. The summed E-state index contributed by atoms with van der Waals surface area (Å²) >= 11 is 1.36. The molecular weight excluding hydrogens is 323 g/mol. The molecule has 1 N–H and O–H groups in total. The number of hydrogen-bond donors (Lipinski definition) is 1. The fourth-order valence-corrected chi connectivity index (χ4v) is 3.23. The third-order valence-corrected chi connectivity index (χ3v) is 4.72. The van der Waals surface area contributed by atoms with Crippen LogP contribution in [-0.2, 0) is 17.0 Å². The lowest BCUT2D eigenvalue weighted by Gasteiger charge is -2.17. The highest BCUT2D eigenvalue weighted by Gasteiger charge is 2.21. The molecule has 0 aromatic heterocycles. The molecule has 4 heteroatoms. The van der Waals surface area contributed by atoms with Gasteiger partial charge in [-0.2, -0.15) is 0 Å². The van der Waals surface area contributed by atoms with Crippen LogP contribution in [0.25, 0.3) is 0 Å². The molecule has 24 heavy (non-hydrogen) atoms. The normalized spacial score (nSPS) is 15.6. The van der Waals surface area contributed by atoms with Crippen LogP contribution in [0.2, 0.25) is 0 Å². The van der Waals surface area contributed by atoms with Gasteiger partial charge in [0.1, 0.15) is 5.82 Å². The summed E-state index contributed by atoms with van der Waals surface area (Å²) in [6.07, 6.45) is 5.36. The number of aliphatic hydroxyl groups is 1. The Bertz CT molecular complexity index is 643. The zero-order valence-electron chi connectivity index (χ0n) is 14.3. The summed E-state index contributed by atoms with van der Waals surface area (Å²) in [6.45, 7) is 0.217. The summed E-state index contributed by atoms with van der Waals surface area (Å²) in [5.74, 6) is 0.219. The van der Waals surface area contributed by atoms with Crippen LogP contribution in [0, 0.1) is 5.82 Å². The van der Waals surface area contributed by atoms with Crippen LogP contribution in [0.1, 0.15) is 41.0 Å². The monoisotopic (exact) mass is 348 g/mol. The molecule has 130 valence electrons. The van der Waals surface area contributed by atoms with Gasteiger partial charge >= 0.3 is 0 Å². The van der Waals surface area contributed by atoms with E-state index in [0.29, 0.717) is 5.92 Å². The van der Waals surface area contributed by atoms with Gasteiger partial charge in [-0.05, 0) is 78.0 Å². The number of fused-ring (bicyclic) bond motifs is 2. The molecule has 1 aliphatic rings. The summed E-state index contributed by atoms with van der Waals surface area (Å²) in [4.78, 5) is 0. The Kier molecular flexibility index (Phi) is 7.76. The number of benzene rings is 2. The maximum atomic E-state index is 13.5. The van der Waals surface area contributed by atoms with Crippen molar-refractivity contribution in [1.29, 1.82) is 0 Å². The van der Waals surface area contributed by atoms with Crippen molar-refractivity contribution < 1.29 is 13.7 Å². The molecule has 0 amide bonds. The first-order valence-electron chi connectivity index (χ1n) is 8.22. The van der Waals surface area contributed by atoms with Gasteiger partial charge in [-0.15, -0.1) is 0 Å². The Morgan fingerprint density at radius 1 is 1.17 bits per heavy atom. The summed E-state index contributed by atoms with van der Waals surface area (Å²) in [5.41, 5.74) is 5.04. The molecule has 0 heterocycles. The van der Waals surface area contributed by atoms with Gasteiger partial charge in [0, 0.05) is 12.9 Å². The second-order valence-corrected chi connectivity index (χ2v) is 6.56. The van der Waals surface area contributed by atoms with Crippen molar-refractivity contribution in [2.45, 2.75) is 31.6 Å². The predicted molar refractivity (Wildman–Crippen MR) is 98.9 cm³/mol. The predicted octanol–water partition coefficient (Wildman–Crippen LogP) is 4.74. The molecular formula is C20H25FO2S. The highest BCUT2D eigenvalue weighted by atomic mass is 32.2. The van der Waals surface area contributed by atoms with E-state index >= 15 is 0 Å². The van der Waals surface area contributed by atoms with E-state index in [1.54, 1.807) is 19.2 Å². The Balaban J connectivity index is 0.000000471. The average Bonchev–Trinajstić information content (AvgIpc) is 2.76. The van der Waals surface area contributed by atoms with Gasteiger partial charge in [0.25, 0.3) is 0 Å². The number of rotatable bonds is 4. The van der Waals surface area contributed by atoms with E-state index < -0.39 is 0 Å². The van der Waals surface area contributed by atoms with E-state index in [2.05, 4.69) is 28.4 Å². The van der Waals surface area contributed by atoms with Crippen LogP contribution in [0.4, 0.5) is 4.39 Å². The van der Waals surface area contributed by atoms with Crippen molar-refractivity contribution >= 4 is 12.0 Å². The zero-order valence-corrected chi connectivity index (χ0v) is 15.1. The van der Waals surface area contributed by atoms with Crippen LogP contribution in [0.15, 0.2) is 42.5 Å². The zero-order chi connectivity index (χ0) is 17.4. The minimum Gasteiger partial charge on any atom is -0.396 e. The fourth-order valence-electron chi connectivity index (χ4n) is 3.23. The summed E-state index contributed by atoms with van der Waals surface area (Å²) in [7, 11) is 1.64. The van der Waals surface area contributed by atoms with Crippen LogP contribution >= 0.6 is 12.0 Å². The van der Waals surface area contributed by atoms with Crippen molar-refractivity contribution in [2.24, 2.45) is 0 Å². The topological polar surface area (TPSA) is 29.5 Å². The highest BCUT2D eigenvalue weighted by molar-refractivity contribution is 7.93. The SMILES string of the molecule is COSC.OCCCC1Cc2cc(F)ccc2Cc2ccccc21. The molecule has 3 rings (SSSR count). The summed E-state index contributed by atoms with van der Waals surface area (Å²) < 4.78 is 18.0. The number of hydrogen-bond acceptors (Lipinski definition) is 3.